The first-order valence-corrected chi connectivity index (χ1v) is 10.1. The van der Waals surface area contributed by atoms with Gasteiger partial charge in [-0.15, -0.1) is 0 Å². The second-order valence-electron chi connectivity index (χ2n) is 9.03. The zero-order valence-electron chi connectivity index (χ0n) is 17.3. The van der Waals surface area contributed by atoms with E-state index in [9.17, 15) is 0 Å². The molecule has 2 saturated heterocycles. The number of nitrogens with zero attached hydrogens (tertiary/aromatic N) is 1. The molecule has 0 N–H and O–H groups in total. The van der Waals surface area contributed by atoms with Crippen molar-refractivity contribution in [3.05, 3.63) is 41.4 Å². The van der Waals surface area contributed by atoms with Gasteiger partial charge in [-0.2, -0.15) is 0 Å². The lowest BCUT2D eigenvalue weighted by molar-refractivity contribution is 0.00578. The Hall–Kier alpha value is -1.10. The second-order valence-corrected chi connectivity index (χ2v) is 9.03. The standard InChI is InChI=1S/C22H34BNO2/c1-17-8-7-9-18(2)24(17)16-20-12-10-19(11-13-20)14-15-23-25-21(3,4)22(5,6)26-23/h10-15,17-18H,7-9,16H2,1-6H3/t17-,18+. The number of hydrogen-bond donors (Lipinski definition) is 0. The van der Waals surface area contributed by atoms with Crippen LogP contribution in [0.15, 0.2) is 30.2 Å². The molecule has 2 aliphatic rings. The van der Waals surface area contributed by atoms with Gasteiger partial charge in [0.15, 0.2) is 0 Å². The highest BCUT2D eigenvalue weighted by atomic mass is 16.7. The molecule has 1 aromatic rings. The lowest BCUT2D eigenvalue weighted by Gasteiger charge is -2.39. The minimum atomic E-state index is -0.284. The van der Waals surface area contributed by atoms with E-state index >= 15 is 0 Å². The zero-order chi connectivity index (χ0) is 18.9. The van der Waals surface area contributed by atoms with Crippen LogP contribution in [0.4, 0.5) is 0 Å². The normalized spacial score (nSPS) is 28.8. The lowest BCUT2D eigenvalue weighted by atomic mass is 9.89. The first-order valence-electron chi connectivity index (χ1n) is 10.1. The average molecular weight is 355 g/mol. The Kier molecular flexibility index (Phi) is 5.67. The fourth-order valence-corrected chi connectivity index (χ4v) is 3.89. The van der Waals surface area contributed by atoms with E-state index in [4.69, 9.17) is 9.31 Å². The summed E-state index contributed by atoms with van der Waals surface area (Å²) < 4.78 is 12.0. The molecule has 0 amide bonds. The van der Waals surface area contributed by atoms with E-state index < -0.39 is 0 Å². The first-order chi connectivity index (χ1) is 12.2. The Balaban J connectivity index is 1.60. The van der Waals surface area contributed by atoms with Crippen LogP contribution in [0.1, 0.15) is 71.9 Å². The number of rotatable bonds is 4. The molecule has 2 atom stereocenters. The highest BCUT2D eigenvalue weighted by Crippen LogP contribution is 2.37. The Labute approximate surface area is 159 Å². The number of benzene rings is 1. The minimum absolute atomic E-state index is 0.283. The second kappa shape index (κ2) is 7.50. The van der Waals surface area contributed by atoms with Crippen LogP contribution in [0, 0.1) is 0 Å². The summed E-state index contributed by atoms with van der Waals surface area (Å²) in [6.07, 6.45) is 6.10. The topological polar surface area (TPSA) is 21.7 Å². The SMILES string of the molecule is C[C@@H]1CCC[C@H](C)N1Cc1ccc(C=CB2OC(C)(C)C(C)(C)O2)cc1. The van der Waals surface area contributed by atoms with Crippen LogP contribution in [-0.4, -0.2) is 35.3 Å². The Morgan fingerprint density at radius 3 is 2.08 bits per heavy atom. The molecule has 142 valence electrons. The van der Waals surface area contributed by atoms with Gasteiger partial charge in [-0.25, -0.2) is 0 Å². The molecule has 2 heterocycles. The van der Waals surface area contributed by atoms with Gasteiger partial charge in [-0.1, -0.05) is 42.7 Å². The molecule has 0 saturated carbocycles. The highest BCUT2D eigenvalue weighted by Gasteiger charge is 2.49. The summed E-state index contributed by atoms with van der Waals surface area (Å²) in [5.74, 6) is 2.01. The molecule has 0 aromatic heterocycles. The van der Waals surface area contributed by atoms with E-state index in [1.165, 1.54) is 30.4 Å². The van der Waals surface area contributed by atoms with Gasteiger partial charge in [0.2, 0.25) is 0 Å². The predicted molar refractivity (Wildman–Crippen MR) is 110 cm³/mol. The minimum Gasteiger partial charge on any atom is -0.400 e. The molecule has 2 fully saturated rings. The molecule has 2 aliphatic heterocycles. The van der Waals surface area contributed by atoms with Crippen molar-refractivity contribution in [1.82, 2.24) is 4.90 Å². The van der Waals surface area contributed by atoms with Crippen LogP contribution in [0.5, 0.6) is 0 Å². The van der Waals surface area contributed by atoms with Crippen LogP contribution < -0.4 is 0 Å². The summed E-state index contributed by atoms with van der Waals surface area (Å²) in [5, 5.41) is 0. The third kappa shape index (κ3) is 4.24. The molecule has 1 aromatic carbocycles. The molecule has 0 bridgehead atoms. The van der Waals surface area contributed by atoms with Gasteiger partial charge in [0.1, 0.15) is 0 Å². The van der Waals surface area contributed by atoms with Crippen molar-refractivity contribution in [3.63, 3.8) is 0 Å². The molecule has 0 radical (unpaired) electrons. The van der Waals surface area contributed by atoms with Gasteiger partial charge in [0.05, 0.1) is 11.2 Å². The highest BCUT2D eigenvalue weighted by molar-refractivity contribution is 6.52. The van der Waals surface area contributed by atoms with E-state index in [2.05, 4.69) is 76.8 Å². The summed E-state index contributed by atoms with van der Waals surface area (Å²) in [6, 6.07) is 10.2. The van der Waals surface area contributed by atoms with Gasteiger partial charge >= 0.3 is 7.12 Å². The van der Waals surface area contributed by atoms with E-state index in [-0.39, 0.29) is 18.3 Å². The van der Waals surface area contributed by atoms with E-state index in [1.54, 1.807) is 0 Å². The van der Waals surface area contributed by atoms with Crippen molar-refractivity contribution in [1.29, 1.82) is 0 Å². The largest absolute Gasteiger partial charge is 0.487 e. The maximum atomic E-state index is 6.02. The van der Waals surface area contributed by atoms with Crippen molar-refractivity contribution >= 4 is 13.2 Å². The van der Waals surface area contributed by atoms with E-state index in [1.807, 2.05) is 5.98 Å². The van der Waals surface area contributed by atoms with Gasteiger partial charge < -0.3 is 9.31 Å². The summed E-state index contributed by atoms with van der Waals surface area (Å²) in [7, 11) is -0.283. The van der Waals surface area contributed by atoms with Gasteiger partial charge in [0.25, 0.3) is 0 Å². The average Bonchev–Trinajstić information content (AvgIpc) is 2.77. The lowest BCUT2D eigenvalue weighted by Crippen LogP contribution is -2.42. The van der Waals surface area contributed by atoms with Crippen molar-refractivity contribution in [2.24, 2.45) is 0 Å². The van der Waals surface area contributed by atoms with Gasteiger partial charge in [-0.3, -0.25) is 4.90 Å². The molecule has 0 spiro atoms. The van der Waals surface area contributed by atoms with Crippen LogP contribution in [0.2, 0.25) is 0 Å². The number of hydrogen-bond acceptors (Lipinski definition) is 3. The summed E-state index contributed by atoms with van der Waals surface area (Å²) in [5.41, 5.74) is 2.00. The third-order valence-corrected chi connectivity index (χ3v) is 6.44. The predicted octanol–water partition coefficient (Wildman–Crippen LogP) is 5.09. The van der Waals surface area contributed by atoms with E-state index in [0.717, 1.165) is 6.54 Å². The number of piperidine rings is 1. The van der Waals surface area contributed by atoms with Crippen LogP contribution >= 0.6 is 0 Å². The van der Waals surface area contributed by atoms with Crippen molar-refractivity contribution < 1.29 is 9.31 Å². The molecule has 3 rings (SSSR count). The molecule has 4 heteroatoms. The quantitative estimate of drug-likeness (QED) is 0.702. The summed E-state index contributed by atoms with van der Waals surface area (Å²) in [6.45, 7) is 14.1. The Morgan fingerprint density at radius 2 is 1.54 bits per heavy atom. The Bertz CT molecular complexity index is 612. The van der Waals surface area contributed by atoms with Crippen molar-refractivity contribution in [2.45, 2.75) is 90.6 Å². The van der Waals surface area contributed by atoms with Crippen LogP contribution in [0.3, 0.4) is 0 Å². The van der Waals surface area contributed by atoms with Gasteiger partial charge in [-0.05, 0) is 65.5 Å². The number of likely N-dealkylation sites (tertiary alicyclic amines) is 1. The fourth-order valence-electron chi connectivity index (χ4n) is 3.89. The fraction of sp³-hybridized carbons (Fsp3) is 0.636. The maximum absolute atomic E-state index is 6.02. The van der Waals surface area contributed by atoms with Crippen LogP contribution in [0.25, 0.3) is 6.08 Å². The molecule has 26 heavy (non-hydrogen) atoms. The summed E-state index contributed by atoms with van der Waals surface area (Å²) in [4.78, 5) is 2.64. The van der Waals surface area contributed by atoms with Crippen LogP contribution in [-0.2, 0) is 15.9 Å². The monoisotopic (exact) mass is 355 g/mol. The Morgan fingerprint density at radius 1 is 1.00 bits per heavy atom. The molecular formula is C22H34BNO2. The third-order valence-electron chi connectivity index (χ3n) is 6.44. The first kappa shape index (κ1) is 19.7. The van der Waals surface area contributed by atoms with Crippen molar-refractivity contribution in [3.8, 4) is 0 Å². The van der Waals surface area contributed by atoms with Gasteiger partial charge in [0, 0.05) is 18.6 Å². The molecule has 3 nitrogen and oxygen atoms in total. The summed E-state index contributed by atoms with van der Waals surface area (Å²) >= 11 is 0. The zero-order valence-corrected chi connectivity index (χ0v) is 17.3. The van der Waals surface area contributed by atoms with Crippen molar-refractivity contribution in [2.75, 3.05) is 0 Å². The maximum Gasteiger partial charge on any atom is 0.487 e. The molecule has 0 aliphatic carbocycles. The molecule has 0 unspecified atom stereocenters. The van der Waals surface area contributed by atoms with E-state index in [0.29, 0.717) is 12.1 Å². The smallest absolute Gasteiger partial charge is 0.400 e. The molecular weight excluding hydrogens is 321 g/mol.